The van der Waals surface area contributed by atoms with Crippen molar-refractivity contribution >= 4 is 68.2 Å². The van der Waals surface area contributed by atoms with Gasteiger partial charge in [-0.05, 0) is 0 Å². The van der Waals surface area contributed by atoms with E-state index in [0.717, 1.165) is 16.5 Å². The summed E-state index contributed by atoms with van der Waals surface area (Å²) in [5, 5.41) is 20.4. The van der Waals surface area contributed by atoms with Crippen molar-refractivity contribution in [2.24, 2.45) is 12.2 Å². The molecule has 0 bridgehead atoms. The number of anilines is 2. The van der Waals surface area contributed by atoms with Crippen LogP contribution >= 0.6 is 34.4 Å². The molecule has 0 aromatic carbocycles. The zero-order valence-electron chi connectivity index (χ0n) is 18.4. The Morgan fingerprint density at radius 2 is 2.24 bits per heavy atom. The molecule has 0 saturated carbocycles. The zero-order valence-corrected chi connectivity index (χ0v) is 20.9. The van der Waals surface area contributed by atoms with Gasteiger partial charge in [0.1, 0.15) is 42.7 Å². The largest absolute Gasteiger partial charge is 0.477 e. The maximum Gasteiger partial charge on any atom is 0.352 e. The highest BCUT2D eigenvalue weighted by Gasteiger charge is 2.54. The Kier molecular flexibility index (Phi) is 6.77. The number of fused-ring (bicyclic) bond motifs is 1. The van der Waals surface area contributed by atoms with Gasteiger partial charge in [-0.25, -0.2) is 14.3 Å². The van der Waals surface area contributed by atoms with Gasteiger partial charge in [-0.15, -0.1) is 23.1 Å². The fraction of sp³-hybridized carbons (Fsp3) is 0.368. The molecule has 1 fully saturated rings. The number of nitrogens with two attached hydrogens (primary N) is 1. The van der Waals surface area contributed by atoms with Gasteiger partial charge in [0.05, 0.1) is 14.1 Å². The minimum atomic E-state index is -1.18. The predicted octanol–water partition coefficient (Wildman–Crippen LogP) is -0.163. The molecule has 2 aromatic heterocycles. The van der Waals surface area contributed by atoms with Crippen LogP contribution in [0.2, 0.25) is 0 Å². The number of hydrogen-bond donors (Lipinski definition) is 3. The molecule has 2 aliphatic heterocycles. The molecule has 2 unspecified atom stereocenters. The molecule has 180 valence electrons. The Morgan fingerprint density at radius 3 is 2.82 bits per heavy atom. The summed E-state index contributed by atoms with van der Waals surface area (Å²) >= 11 is 4.07. The van der Waals surface area contributed by atoms with Crippen molar-refractivity contribution in [3.05, 3.63) is 33.9 Å². The van der Waals surface area contributed by atoms with Crippen LogP contribution in [0.4, 0.5) is 10.3 Å². The summed E-state index contributed by atoms with van der Waals surface area (Å²) in [4.78, 5) is 49.9. The Hall–Kier alpha value is -3.17. The Balaban J connectivity index is 1.52. The van der Waals surface area contributed by atoms with E-state index in [1.54, 1.807) is 5.38 Å². The Labute approximate surface area is 206 Å². The molecule has 2 aliphatic rings. The molecule has 2 aromatic rings. The van der Waals surface area contributed by atoms with Crippen LogP contribution in [0.5, 0.6) is 0 Å². The summed E-state index contributed by atoms with van der Waals surface area (Å²) in [6.45, 7) is 0.354. The lowest BCUT2D eigenvalue weighted by Crippen LogP contribution is -2.71. The fourth-order valence-electron chi connectivity index (χ4n) is 3.75. The third-order valence-corrected chi connectivity index (χ3v) is 8.29. The minimum absolute atomic E-state index is 0.0386. The number of carbonyl (C=O) groups excluding carboxylic acids is 2. The van der Waals surface area contributed by atoms with Gasteiger partial charge in [0.25, 0.3) is 11.8 Å². The number of oxime groups is 1. The normalized spacial score (nSPS) is 20.0. The minimum Gasteiger partial charge on any atom is -0.477 e. The lowest BCUT2D eigenvalue weighted by molar-refractivity contribution is -0.654. The molecule has 15 heteroatoms. The van der Waals surface area contributed by atoms with E-state index >= 15 is 0 Å². The quantitative estimate of drug-likeness (QED) is 0.185. The molecule has 2 amide bonds. The molecule has 0 aliphatic carbocycles. The lowest BCUT2D eigenvalue weighted by Gasteiger charge is -2.49. The van der Waals surface area contributed by atoms with Gasteiger partial charge >= 0.3 is 11.1 Å². The van der Waals surface area contributed by atoms with Gasteiger partial charge in [0.2, 0.25) is 0 Å². The number of carboxylic acid groups (broad SMARTS) is 1. The summed E-state index contributed by atoms with van der Waals surface area (Å²) in [5.74, 6) is -1.94. The van der Waals surface area contributed by atoms with Crippen LogP contribution in [-0.2, 0) is 26.3 Å². The first-order valence-electron chi connectivity index (χ1n) is 9.90. The highest BCUT2D eigenvalue weighted by atomic mass is 32.2. The molecule has 4 heterocycles. The van der Waals surface area contributed by atoms with Crippen molar-refractivity contribution in [2.75, 3.05) is 37.1 Å². The van der Waals surface area contributed by atoms with Crippen molar-refractivity contribution in [1.29, 1.82) is 0 Å². The van der Waals surface area contributed by atoms with Crippen molar-refractivity contribution in [3.8, 4) is 0 Å². The molecule has 1 saturated heterocycles. The maximum absolute atomic E-state index is 13.0. The van der Waals surface area contributed by atoms with Crippen molar-refractivity contribution in [3.63, 3.8) is 0 Å². The highest BCUT2D eigenvalue weighted by molar-refractivity contribution is 8.00. The summed E-state index contributed by atoms with van der Waals surface area (Å²) in [6, 6.07) is -0.903. The van der Waals surface area contributed by atoms with Crippen molar-refractivity contribution < 1.29 is 28.9 Å². The number of aliphatic carboxylic acids is 1. The van der Waals surface area contributed by atoms with Crippen LogP contribution in [0, 0.1) is 0 Å². The van der Waals surface area contributed by atoms with Gasteiger partial charge in [-0.2, -0.15) is 0 Å². The van der Waals surface area contributed by atoms with Gasteiger partial charge in [0.15, 0.2) is 10.8 Å². The Bertz CT molecular complexity index is 1210. The van der Waals surface area contributed by atoms with Crippen LogP contribution in [0.25, 0.3) is 0 Å². The number of nitrogens with one attached hydrogen (secondary N) is 1. The number of nitrogen functional groups attached to an aromatic ring is 1. The second-order valence-electron chi connectivity index (χ2n) is 7.46. The second-order valence-corrected chi connectivity index (χ2v) is 10.3. The first-order valence-corrected chi connectivity index (χ1v) is 12.7. The third-order valence-electron chi connectivity index (χ3n) is 5.21. The third kappa shape index (κ3) is 4.33. The van der Waals surface area contributed by atoms with Crippen LogP contribution in [0.1, 0.15) is 5.69 Å². The SMILES string of the molecule is CO/N=C(/C(=O)NC1C(=O)N2C(C(=O)O)=C(CN(C)c3scc[n+]3C)CSC12)c1csc(N)n1. The van der Waals surface area contributed by atoms with E-state index in [2.05, 4.69) is 15.5 Å². The van der Waals surface area contributed by atoms with Gasteiger partial charge in [0, 0.05) is 22.1 Å². The van der Waals surface area contributed by atoms with E-state index in [0.29, 0.717) is 17.9 Å². The molecule has 0 radical (unpaired) electrons. The summed E-state index contributed by atoms with van der Waals surface area (Å²) in [7, 11) is 5.07. The predicted molar refractivity (Wildman–Crippen MR) is 129 cm³/mol. The Morgan fingerprint density at radius 1 is 1.47 bits per heavy atom. The average molecular weight is 525 g/mol. The maximum atomic E-state index is 13.0. The number of thiazole rings is 2. The highest BCUT2D eigenvalue weighted by Crippen LogP contribution is 2.40. The molecule has 2 atom stereocenters. The van der Waals surface area contributed by atoms with E-state index in [4.69, 9.17) is 10.6 Å². The van der Waals surface area contributed by atoms with Gasteiger partial charge < -0.3 is 21.0 Å². The standard InChI is InChI=1S/C19H21N7O5S3/c1-24-4-5-32-19(24)25(2)6-9-7-33-16-12(15(28)26(16)13(9)17(29)30)22-14(27)11(23-31-3)10-8-34-18(20)21-10/h4-5,8,12,16H,6-7H2,1-3H3,(H3-,20,21,22,27,29,30)/p+1/b23-11+. The number of amides is 2. The first-order chi connectivity index (χ1) is 16.2. The number of carboxylic acids is 1. The summed E-state index contributed by atoms with van der Waals surface area (Å²) in [6.07, 6.45) is 1.92. The zero-order chi connectivity index (χ0) is 24.6. The molecular weight excluding hydrogens is 502 g/mol. The number of β-lactam (4-membered cyclic amide) rings is 1. The topological polar surface area (TPSA) is 154 Å². The summed E-state index contributed by atoms with van der Waals surface area (Å²) < 4.78 is 1.94. The monoisotopic (exact) mass is 524 g/mol. The van der Waals surface area contributed by atoms with E-state index in [9.17, 15) is 19.5 Å². The molecule has 0 spiro atoms. The van der Waals surface area contributed by atoms with Crippen LogP contribution in [-0.4, -0.2) is 76.4 Å². The second kappa shape index (κ2) is 9.60. The number of aryl methyl sites for hydroxylation is 1. The number of nitrogens with zero attached hydrogens (tertiary/aromatic N) is 5. The number of hydrogen-bond acceptors (Lipinski definition) is 11. The van der Waals surface area contributed by atoms with E-state index in [1.807, 2.05) is 35.1 Å². The van der Waals surface area contributed by atoms with E-state index in [1.165, 1.54) is 35.1 Å². The van der Waals surface area contributed by atoms with Crippen molar-refractivity contribution in [2.45, 2.75) is 11.4 Å². The number of thioether (sulfide) groups is 1. The average Bonchev–Trinajstić information content (AvgIpc) is 3.42. The van der Waals surface area contributed by atoms with Crippen molar-refractivity contribution in [1.82, 2.24) is 15.2 Å². The van der Waals surface area contributed by atoms with Gasteiger partial charge in [-0.3, -0.25) is 19.4 Å². The number of aromatic nitrogens is 2. The molecule has 12 nitrogen and oxygen atoms in total. The molecule has 4 N–H and O–H groups in total. The van der Waals surface area contributed by atoms with Gasteiger partial charge in [-0.1, -0.05) is 16.5 Å². The molecule has 34 heavy (non-hydrogen) atoms. The number of likely N-dealkylation sites (N-methyl/N-ethyl adjacent to an activating group) is 1. The number of rotatable bonds is 8. The first kappa shape index (κ1) is 24.0. The fourth-order valence-corrected chi connectivity index (χ4v) is 6.47. The van der Waals surface area contributed by atoms with E-state index in [-0.39, 0.29) is 22.2 Å². The van der Waals surface area contributed by atoms with E-state index < -0.39 is 29.2 Å². The number of carbonyl (C=O) groups is 3. The van der Waals surface area contributed by atoms with Crippen LogP contribution < -0.4 is 20.5 Å². The summed E-state index contributed by atoms with van der Waals surface area (Å²) in [5.41, 5.74) is 6.33. The van der Waals surface area contributed by atoms with Crippen LogP contribution in [0.15, 0.2) is 33.4 Å². The smallest absolute Gasteiger partial charge is 0.352 e. The molecule has 4 rings (SSSR count). The van der Waals surface area contributed by atoms with Crippen LogP contribution in [0.3, 0.4) is 0 Å². The molecular formula is C19H22N7O5S3+. The lowest BCUT2D eigenvalue weighted by atomic mass is 10.0.